The first-order valence-corrected chi connectivity index (χ1v) is 11.9. The molecule has 1 saturated heterocycles. The Labute approximate surface area is 200 Å². The lowest BCUT2D eigenvalue weighted by Crippen LogP contribution is -2.18. The van der Waals surface area contributed by atoms with Gasteiger partial charge in [-0.1, -0.05) is 11.6 Å². The molecule has 0 aliphatic carbocycles. The van der Waals surface area contributed by atoms with Gasteiger partial charge in [0.1, 0.15) is 18.1 Å². The normalized spacial score (nSPS) is 14.4. The molecule has 0 atom stereocenters. The number of nitrogens with zero attached hydrogens (tertiary/aromatic N) is 2. The minimum Gasteiger partial charge on any atom is -0.491 e. The zero-order valence-electron chi connectivity index (χ0n) is 18.2. The molecule has 1 aliphatic rings. The number of benzene rings is 1. The van der Waals surface area contributed by atoms with Crippen LogP contribution in [0.25, 0.3) is 0 Å². The summed E-state index contributed by atoms with van der Waals surface area (Å²) in [6.07, 6.45) is 1.32. The van der Waals surface area contributed by atoms with E-state index in [1.165, 1.54) is 11.3 Å². The van der Waals surface area contributed by atoms with Crippen molar-refractivity contribution in [2.45, 2.75) is 25.3 Å². The lowest BCUT2D eigenvalue weighted by atomic mass is 9.96. The van der Waals surface area contributed by atoms with Crippen molar-refractivity contribution >= 4 is 34.7 Å². The van der Waals surface area contributed by atoms with Crippen LogP contribution in [-0.2, 0) is 16.0 Å². The minimum absolute atomic E-state index is 0.0476. The molecule has 176 valence electrons. The fraction of sp³-hybridized carbons (Fsp3) is 0.391. The molecule has 1 N–H and O–H groups in total. The van der Waals surface area contributed by atoms with Crippen LogP contribution in [-0.4, -0.2) is 49.2 Å². The van der Waals surface area contributed by atoms with E-state index in [1.54, 1.807) is 37.4 Å². The van der Waals surface area contributed by atoms with Gasteiger partial charge in [0.2, 0.25) is 0 Å². The van der Waals surface area contributed by atoms with Gasteiger partial charge in [0, 0.05) is 36.7 Å². The molecular weight excluding hydrogens is 469 g/mol. The van der Waals surface area contributed by atoms with E-state index in [0.29, 0.717) is 61.5 Å². The maximum Gasteiger partial charge on any atom is 0.280 e. The summed E-state index contributed by atoms with van der Waals surface area (Å²) in [5, 5.41) is 7.47. The monoisotopic (exact) mass is 493 g/mol. The van der Waals surface area contributed by atoms with Crippen LogP contribution >= 0.6 is 22.9 Å². The fourth-order valence-corrected chi connectivity index (χ4v) is 4.65. The average Bonchev–Trinajstić information content (AvgIpc) is 3.41. The second-order valence-corrected chi connectivity index (χ2v) is 9.38. The number of ether oxygens (including phenoxy) is 3. The molecule has 0 saturated carbocycles. The highest BCUT2D eigenvalue weighted by Crippen LogP contribution is 2.32. The number of hydrogen-bond acceptors (Lipinski definition) is 7. The summed E-state index contributed by atoms with van der Waals surface area (Å²) in [5.41, 5.74) is 0.662. The van der Waals surface area contributed by atoms with Gasteiger partial charge in [-0.2, -0.15) is 9.78 Å². The van der Waals surface area contributed by atoms with E-state index in [4.69, 9.17) is 25.8 Å². The molecule has 33 heavy (non-hydrogen) atoms. The number of anilines is 1. The van der Waals surface area contributed by atoms with E-state index in [2.05, 4.69) is 10.4 Å². The van der Waals surface area contributed by atoms with E-state index < -0.39 is 11.7 Å². The van der Waals surface area contributed by atoms with Gasteiger partial charge in [0.15, 0.2) is 11.6 Å². The van der Waals surface area contributed by atoms with Crippen LogP contribution in [0.2, 0.25) is 4.34 Å². The van der Waals surface area contributed by atoms with Gasteiger partial charge in [-0.15, -0.1) is 11.3 Å². The summed E-state index contributed by atoms with van der Waals surface area (Å²) in [4.78, 5) is 14.2. The summed E-state index contributed by atoms with van der Waals surface area (Å²) in [5.74, 6) is -0.363. The second kappa shape index (κ2) is 11.1. The van der Waals surface area contributed by atoms with Gasteiger partial charge in [0.25, 0.3) is 5.91 Å². The topological polar surface area (TPSA) is 74.6 Å². The van der Waals surface area contributed by atoms with E-state index in [9.17, 15) is 4.79 Å². The van der Waals surface area contributed by atoms with Gasteiger partial charge in [-0.25, -0.2) is 4.39 Å². The molecule has 2 aromatic heterocycles. The quantitative estimate of drug-likeness (QED) is 0.425. The van der Waals surface area contributed by atoms with Crippen LogP contribution in [0, 0.1) is 5.82 Å². The Kier molecular flexibility index (Phi) is 7.97. The number of rotatable bonds is 9. The zero-order chi connectivity index (χ0) is 23.2. The number of methoxy groups -OCH3 is 1. The Morgan fingerprint density at radius 3 is 2.67 bits per heavy atom. The predicted molar refractivity (Wildman–Crippen MR) is 125 cm³/mol. The maximum absolute atomic E-state index is 15.5. The van der Waals surface area contributed by atoms with E-state index in [1.807, 2.05) is 6.07 Å². The Morgan fingerprint density at radius 1 is 1.24 bits per heavy atom. The predicted octanol–water partition coefficient (Wildman–Crippen LogP) is 4.96. The number of carbonyl (C=O) groups is 1. The lowest BCUT2D eigenvalue weighted by molar-refractivity contribution is 0.0834. The van der Waals surface area contributed by atoms with Crippen molar-refractivity contribution in [3.63, 3.8) is 0 Å². The van der Waals surface area contributed by atoms with Crippen molar-refractivity contribution in [1.29, 1.82) is 0 Å². The van der Waals surface area contributed by atoms with Crippen LogP contribution in [0.15, 0.2) is 36.4 Å². The molecule has 3 heterocycles. The third-order valence-corrected chi connectivity index (χ3v) is 6.60. The van der Waals surface area contributed by atoms with Gasteiger partial charge in [-0.05, 0) is 49.2 Å². The minimum atomic E-state index is -0.502. The van der Waals surface area contributed by atoms with Gasteiger partial charge >= 0.3 is 0 Å². The highest BCUT2D eigenvalue weighted by atomic mass is 35.5. The second-order valence-electron chi connectivity index (χ2n) is 7.58. The van der Waals surface area contributed by atoms with Crippen molar-refractivity contribution in [3.8, 4) is 5.75 Å². The maximum atomic E-state index is 15.5. The first-order valence-electron chi connectivity index (χ1n) is 10.7. The number of thiophene rings is 1. The van der Waals surface area contributed by atoms with Crippen molar-refractivity contribution in [2.24, 2.45) is 0 Å². The van der Waals surface area contributed by atoms with Gasteiger partial charge in [0.05, 0.1) is 17.5 Å². The molecule has 0 amide bonds. The van der Waals surface area contributed by atoms with Crippen molar-refractivity contribution in [2.75, 3.05) is 38.9 Å². The van der Waals surface area contributed by atoms with Crippen LogP contribution in [0.5, 0.6) is 5.75 Å². The van der Waals surface area contributed by atoms with Crippen LogP contribution in [0.1, 0.15) is 39.7 Å². The largest absolute Gasteiger partial charge is 0.491 e. The number of aromatic nitrogens is 2. The van der Waals surface area contributed by atoms with Crippen LogP contribution in [0.3, 0.4) is 0 Å². The molecule has 0 bridgehead atoms. The van der Waals surface area contributed by atoms with Crippen LogP contribution < -0.4 is 10.1 Å². The van der Waals surface area contributed by atoms with Crippen molar-refractivity contribution < 1.29 is 23.4 Å². The molecule has 1 aromatic carbocycles. The van der Waals surface area contributed by atoms with Crippen LogP contribution in [0.4, 0.5) is 10.2 Å². The van der Waals surface area contributed by atoms with Crippen molar-refractivity contribution in [1.82, 2.24) is 9.78 Å². The Morgan fingerprint density at radius 2 is 2.00 bits per heavy atom. The third-order valence-electron chi connectivity index (χ3n) is 5.37. The Balaban J connectivity index is 1.59. The first-order chi connectivity index (χ1) is 16.1. The summed E-state index contributed by atoms with van der Waals surface area (Å²) in [6, 6.07) is 10.3. The lowest BCUT2D eigenvalue weighted by Gasteiger charge is -2.20. The fourth-order valence-electron chi connectivity index (χ4n) is 3.62. The molecule has 0 unspecified atom stereocenters. The molecule has 7 nitrogen and oxygen atoms in total. The summed E-state index contributed by atoms with van der Waals surface area (Å²) < 4.78 is 33.2. The number of carbonyl (C=O) groups excluding carboxylic acids is 1. The molecule has 0 radical (unpaired) electrons. The highest BCUT2D eigenvalue weighted by molar-refractivity contribution is 7.16. The van der Waals surface area contributed by atoms with Gasteiger partial charge < -0.3 is 19.5 Å². The SMILES string of the molecule is COCCOc1ccc(C(=O)n2nc(C3CCOCC3)c(F)c2NCc2ccc(Cl)s2)cc1. The van der Waals surface area contributed by atoms with Gasteiger partial charge in [-0.3, -0.25) is 4.79 Å². The molecular formula is C23H25ClFN3O4S. The van der Waals surface area contributed by atoms with E-state index >= 15 is 4.39 Å². The molecule has 4 rings (SSSR count). The summed E-state index contributed by atoms with van der Waals surface area (Å²) in [6.45, 7) is 2.29. The average molecular weight is 494 g/mol. The standard InChI is InChI=1S/C23H25ClFN3O4S/c1-30-12-13-32-17-4-2-16(3-5-17)23(29)28-22(26-14-18-6-7-19(24)33-18)20(25)21(27-28)15-8-10-31-11-9-15/h2-7,15,26H,8-14H2,1H3. The third kappa shape index (κ3) is 5.73. The smallest absolute Gasteiger partial charge is 0.280 e. The number of hydrogen-bond donors (Lipinski definition) is 1. The Bertz CT molecular complexity index is 1080. The zero-order valence-corrected chi connectivity index (χ0v) is 19.8. The molecule has 1 aliphatic heterocycles. The Hall–Kier alpha value is -2.46. The molecule has 1 fully saturated rings. The molecule has 10 heteroatoms. The number of nitrogens with one attached hydrogen (secondary N) is 1. The highest BCUT2D eigenvalue weighted by Gasteiger charge is 2.29. The molecule has 3 aromatic rings. The summed E-state index contributed by atoms with van der Waals surface area (Å²) in [7, 11) is 1.60. The van der Waals surface area contributed by atoms with E-state index in [-0.39, 0.29) is 17.4 Å². The first kappa shape index (κ1) is 23.7. The van der Waals surface area contributed by atoms with Crippen molar-refractivity contribution in [3.05, 3.63) is 62.7 Å². The number of halogens is 2. The van der Waals surface area contributed by atoms with E-state index in [0.717, 1.165) is 9.56 Å². The summed E-state index contributed by atoms with van der Waals surface area (Å²) >= 11 is 7.40. The molecule has 0 spiro atoms.